The van der Waals surface area contributed by atoms with Crippen LogP contribution >= 0.6 is 24.0 Å². The van der Waals surface area contributed by atoms with Gasteiger partial charge in [0.15, 0.2) is 11.8 Å². The van der Waals surface area contributed by atoms with Crippen LogP contribution in [0, 0.1) is 0 Å². The Balaban J connectivity index is 0.00000256. The summed E-state index contributed by atoms with van der Waals surface area (Å²) in [5.41, 5.74) is 2.38. The van der Waals surface area contributed by atoms with E-state index in [9.17, 15) is 0 Å². The van der Waals surface area contributed by atoms with Crippen LogP contribution in [0.3, 0.4) is 0 Å². The molecular formula is C22H28IN7. The van der Waals surface area contributed by atoms with E-state index in [0.29, 0.717) is 12.6 Å². The molecule has 0 spiro atoms. The van der Waals surface area contributed by atoms with Crippen molar-refractivity contribution in [2.45, 2.75) is 25.9 Å². The summed E-state index contributed by atoms with van der Waals surface area (Å²) in [7, 11) is 0. The molecule has 0 saturated carbocycles. The molecule has 1 aliphatic heterocycles. The van der Waals surface area contributed by atoms with Crippen molar-refractivity contribution in [1.29, 1.82) is 0 Å². The van der Waals surface area contributed by atoms with E-state index in [4.69, 9.17) is 4.99 Å². The molecule has 1 atom stereocenters. The van der Waals surface area contributed by atoms with Crippen molar-refractivity contribution in [3.8, 4) is 5.82 Å². The van der Waals surface area contributed by atoms with E-state index in [0.717, 1.165) is 43.4 Å². The Morgan fingerprint density at radius 2 is 2.03 bits per heavy atom. The van der Waals surface area contributed by atoms with Gasteiger partial charge < -0.3 is 15.5 Å². The Morgan fingerprint density at radius 3 is 2.80 bits per heavy atom. The smallest absolute Gasteiger partial charge is 0.191 e. The maximum atomic E-state index is 4.79. The number of rotatable bonds is 6. The van der Waals surface area contributed by atoms with Gasteiger partial charge in [0.2, 0.25) is 0 Å². The molecular weight excluding hydrogens is 489 g/mol. The van der Waals surface area contributed by atoms with Gasteiger partial charge in [0.05, 0.1) is 6.54 Å². The second-order valence-corrected chi connectivity index (χ2v) is 7.08. The molecule has 7 nitrogen and oxygen atoms in total. The summed E-state index contributed by atoms with van der Waals surface area (Å²) in [6.45, 7) is 5.53. The first-order chi connectivity index (χ1) is 14.3. The van der Waals surface area contributed by atoms with Crippen molar-refractivity contribution >= 4 is 35.6 Å². The number of pyridine rings is 1. The van der Waals surface area contributed by atoms with Gasteiger partial charge in [0, 0.05) is 50.0 Å². The van der Waals surface area contributed by atoms with E-state index >= 15 is 0 Å². The van der Waals surface area contributed by atoms with E-state index in [-0.39, 0.29) is 24.0 Å². The lowest BCUT2D eigenvalue weighted by atomic mass is 10.2. The molecule has 3 heterocycles. The van der Waals surface area contributed by atoms with Crippen LogP contribution in [0.4, 0.5) is 5.69 Å². The van der Waals surface area contributed by atoms with Crippen LogP contribution in [0.1, 0.15) is 18.9 Å². The topological polar surface area (TPSA) is 70.4 Å². The second-order valence-electron chi connectivity index (χ2n) is 7.08. The minimum absolute atomic E-state index is 0. The fourth-order valence-electron chi connectivity index (χ4n) is 3.52. The Hall–Kier alpha value is -2.62. The minimum atomic E-state index is 0. The van der Waals surface area contributed by atoms with Crippen LogP contribution in [0.5, 0.6) is 0 Å². The van der Waals surface area contributed by atoms with Crippen LogP contribution < -0.4 is 15.5 Å². The zero-order valence-corrected chi connectivity index (χ0v) is 19.4. The molecule has 158 valence electrons. The van der Waals surface area contributed by atoms with Crippen LogP contribution in [0.15, 0.2) is 72.1 Å². The van der Waals surface area contributed by atoms with Gasteiger partial charge in [-0.25, -0.2) is 14.7 Å². The van der Waals surface area contributed by atoms with Gasteiger partial charge in [0.25, 0.3) is 0 Å². The monoisotopic (exact) mass is 517 g/mol. The predicted molar refractivity (Wildman–Crippen MR) is 132 cm³/mol. The molecule has 1 aromatic carbocycles. The first-order valence-electron chi connectivity index (χ1n) is 10.1. The lowest BCUT2D eigenvalue weighted by Gasteiger charge is -2.20. The number of halogens is 1. The van der Waals surface area contributed by atoms with E-state index < -0.39 is 0 Å². The SMILES string of the molecule is CCNC(=NCc1ccnc(-n2cccn2)c1)NC1CCN(c2ccccc2)C1.I. The van der Waals surface area contributed by atoms with E-state index in [1.165, 1.54) is 5.69 Å². The molecule has 1 fully saturated rings. The quantitative estimate of drug-likeness (QED) is 0.299. The second kappa shape index (κ2) is 11.0. The number of hydrogen-bond donors (Lipinski definition) is 2. The van der Waals surface area contributed by atoms with Crippen molar-refractivity contribution < 1.29 is 0 Å². The fraction of sp³-hybridized carbons (Fsp3) is 0.318. The first-order valence-corrected chi connectivity index (χ1v) is 10.1. The molecule has 3 aromatic rings. The third-order valence-corrected chi connectivity index (χ3v) is 4.96. The normalized spacial score (nSPS) is 16.2. The van der Waals surface area contributed by atoms with Gasteiger partial charge >= 0.3 is 0 Å². The Labute approximate surface area is 194 Å². The lowest BCUT2D eigenvalue weighted by Crippen LogP contribution is -2.44. The Kier molecular flexibility index (Phi) is 8.06. The third kappa shape index (κ3) is 5.71. The summed E-state index contributed by atoms with van der Waals surface area (Å²) in [5, 5.41) is 11.2. The zero-order valence-electron chi connectivity index (χ0n) is 17.1. The average molecular weight is 517 g/mol. The van der Waals surface area contributed by atoms with E-state index in [2.05, 4.69) is 62.9 Å². The highest BCUT2D eigenvalue weighted by Gasteiger charge is 2.23. The third-order valence-electron chi connectivity index (χ3n) is 4.96. The number of para-hydroxylation sites is 1. The Bertz CT molecular complexity index is 928. The molecule has 0 radical (unpaired) electrons. The lowest BCUT2D eigenvalue weighted by molar-refractivity contribution is 0.649. The highest BCUT2D eigenvalue weighted by molar-refractivity contribution is 14.0. The van der Waals surface area contributed by atoms with Gasteiger partial charge in [-0.3, -0.25) is 0 Å². The highest BCUT2D eigenvalue weighted by Crippen LogP contribution is 2.19. The summed E-state index contributed by atoms with van der Waals surface area (Å²) in [4.78, 5) is 11.6. The Morgan fingerprint density at radius 1 is 1.17 bits per heavy atom. The summed E-state index contributed by atoms with van der Waals surface area (Å²) in [5.74, 6) is 1.65. The number of nitrogens with zero attached hydrogens (tertiary/aromatic N) is 5. The molecule has 0 amide bonds. The zero-order chi connectivity index (χ0) is 19.9. The van der Waals surface area contributed by atoms with Crippen LogP contribution in [-0.2, 0) is 6.54 Å². The molecule has 0 aliphatic carbocycles. The van der Waals surface area contributed by atoms with Crippen molar-refractivity contribution in [3.05, 3.63) is 72.7 Å². The van der Waals surface area contributed by atoms with E-state index in [1.54, 1.807) is 17.1 Å². The average Bonchev–Trinajstić information content (AvgIpc) is 3.46. The molecule has 2 aromatic heterocycles. The molecule has 30 heavy (non-hydrogen) atoms. The van der Waals surface area contributed by atoms with Crippen molar-refractivity contribution in [3.63, 3.8) is 0 Å². The van der Waals surface area contributed by atoms with Gasteiger partial charge in [-0.05, 0) is 49.2 Å². The summed E-state index contributed by atoms with van der Waals surface area (Å²) >= 11 is 0. The number of nitrogens with one attached hydrogen (secondary N) is 2. The number of benzene rings is 1. The van der Waals surface area contributed by atoms with E-state index in [1.807, 2.05) is 24.4 Å². The molecule has 1 aliphatic rings. The van der Waals surface area contributed by atoms with Crippen LogP contribution in [-0.4, -0.2) is 46.4 Å². The molecule has 2 N–H and O–H groups in total. The molecule has 1 unspecified atom stereocenters. The van der Waals surface area contributed by atoms with Crippen molar-refractivity contribution in [2.75, 3.05) is 24.5 Å². The fourth-order valence-corrected chi connectivity index (χ4v) is 3.52. The number of anilines is 1. The number of hydrogen-bond acceptors (Lipinski definition) is 4. The number of guanidine groups is 1. The number of aliphatic imine (C=N–C) groups is 1. The standard InChI is InChI=1S/C22H27N7.HI/c1-2-23-22(27-19-10-14-28(17-19)20-7-4-3-5-8-20)25-16-18-9-12-24-21(15-18)29-13-6-11-26-29;/h3-9,11-13,15,19H,2,10,14,16-17H2,1H3,(H2,23,25,27);1H. The summed E-state index contributed by atoms with van der Waals surface area (Å²) in [6, 6.07) is 16.9. The van der Waals surface area contributed by atoms with Gasteiger partial charge in [-0.15, -0.1) is 24.0 Å². The minimum Gasteiger partial charge on any atom is -0.369 e. The molecule has 1 saturated heterocycles. The van der Waals surface area contributed by atoms with Crippen molar-refractivity contribution in [1.82, 2.24) is 25.4 Å². The van der Waals surface area contributed by atoms with Gasteiger partial charge in [-0.1, -0.05) is 18.2 Å². The highest BCUT2D eigenvalue weighted by atomic mass is 127. The molecule has 4 rings (SSSR count). The number of aromatic nitrogens is 3. The summed E-state index contributed by atoms with van der Waals surface area (Å²) < 4.78 is 1.76. The molecule has 8 heteroatoms. The van der Waals surface area contributed by atoms with Crippen LogP contribution in [0.25, 0.3) is 5.82 Å². The van der Waals surface area contributed by atoms with Crippen LogP contribution in [0.2, 0.25) is 0 Å². The molecule has 0 bridgehead atoms. The maximum absolute atomic E-state index is 4.79. The maximum Gasteiger partial charge on any atom is 0.191 e. The predicted octanol–water partition coefficient (Wildman–Crippen LogP) is 3.22. The van der Waals surface area contributed by atoms with Gasteiger partial charge in [-0.2, -0.15) is 5.10 Å². The van der Waals surface area contributed by atoms with Gasteiger partial charge in [0.1, 0.15) is 0 Å². The first kappa shape index (κ1) is 22.1. The largest absolute Gasteiger partial charge is 0.369 e. The van der Waals surface area contributed by atoms with Crippen molar-refractivity contribution in [2.24, 2.45) is 4.99 Å². The summed E-state index contributed by atoms with van der Waals surface area (Å²) in [6.07, 6.45) is 6.54.